The lowest BCUT2D eigenvalue weighted by Crippen LogP contribution is -2.45. The molecule has 3 rings (SSSR count). The second-order valence-electron chi connectivity index (χ2n) is 7.13. The average molecular weight is 394 g/mol. The average Bonchev–Trinajstić information content (AvgIpc) is 3.12. The fraction of sp³-hybridized carbons (Fsp3) is 0.579. The molecule has 0 aliphatic carbocycles. The molecule has 1 atom stereocenters. The number of carbonyl (C=O) groups excluding carboxylic acids is 2. The summed E-state index contributed by atoms with van der Waals surface area (Å²) in [6, 6.07) is 7.64. The Labute approximate surface area is 160 Å². The summed E-state index contributed by atoms with van der Waals surface area (Å²) in [7, 11) is -3.26. The molecule has 8 heteroatoms. The van der Waals surface area contributed by atoms with Crippen LogP contribution in [0.4, 0.5) is 5.69 Å². The number of piperidine rings is 1. The number of sulfonamides is 1. The van der Waals surface area contributed by atoms with E-state index in [1.54, 1.807) is 11.8 Å². The summed E-state index contributed by atoms with van der Waals surface area (Å²) in [5.74, 6) is -0.240. The Kier molecular flexibility index (Phi) is 6.16. The van der Waals surface area contributed by atoms with E-state index in [4.69, 9.17) is 0 Å². The second kappa shape index (κ2) is 8.39. The zero-order valence-electron chi connectivity index (χ0n) is 15.7. The van der Waals surface area contributed by atoms with Gasteiger partial charge in [-0.15, -0.1) is 0 Å². The fourth-order valence-electron chi connectivity index (χ4n) is 3.68. The van der Waals surface area contributed by atoms with E-state index in [1.807, 2.05) is 24.3 Å². The molecule has 0 saturated carbocycles. The van der Waals surface area contributed by atoms with Crippen molar-refractivity contribution >= 4 is 27.5 Å². The summed E-state index contributed by atoms with van der Waals surface area (Å²) in [5.41, 5.74) is 1.79. The van der Waals surface area contributed by atoms with Crippen LogP contribution in [0.5, 0.6) is 0 Å². The molecule has 0 unspecified atom stereocenters. The third-order valence-corrected chi connectivity index (χ3v) is 7.12. The molecule has 0 radical (unpaired) electrons. The molecule has 148 valence electrons. The maximum atomic E-state index is 12.5. The summed E-state index contributed by atoms with van der Waals surface area (Å²) in [4.78, 5) is 26.2. The number of carbonyl (C=O) groups is 2. The molecule has 27 heavy (non-hydrogen) atoms. The zero-order valence-corrected chi connectivity index (χ0v) is 16.5. The zero-order chi connectivity index (χ0) is 19.4. The van der Waals surface area contributed by atoms with Crippen LogP contribution in [0, 0.1) is 5.92 Å². The van der Waals surface area contributed by atoms with Crippen LogP contribution in [0.15, 0.2) is 24.3 Å². The molecule has 1 aromatic carbocycles. The Bertz CT molecular complexity index is 809. The van der Waals surface area contributed by atoms with Gasteiger partial charge in [-0.25, -0.2) is 12.7 Å². The molecule has 1 N–H and O–H groups in total. The maximum absolute atomic E-state index is 12.5. The van der Waals surface area contributed by atoms with E-state index in [9.17, 15) is 18.0 Å². The van der Waals surface area contributed by atoms with E-state index in [1.165, 1.54) is 4.31 Å². The lowest BCUT2D eigenvalue weighted by atomic mass is 9.98. The molecule has 0 aromatic heterocycles. The highest BCUT2D eigenvalue weighted by Gasteiger charge is 2.31. The molecule has 0 spiro atoms. The van der Waals surface area contributed by atoms with Gasteiger partial charge in [-0.05, 0) is 43.9 Å². The van der Waals surface area contributed by atoms with Gasteiger partial charge in [0.15, 0.2) is 0 Å². The minimum Gasteiger partial charge on any atom is -0.352 e. The number of hydrogen-bond donors (Lipinski definition) is 1. The largest absolute Gasteiger partial charge is 0.352 e. The Morgan fingerprint density at radius 1 is 1.26 bits per heavy atom. The van der Waals surface area contributed by atoms with Crippen molar-refractivity contribution in [1.82, 2.24) is 9.62 Å². The normalized spacial score (nSPS) is 21.4. The van der Waals surface area contributed by atoms with Crippen molar-refractivity contribution in [3.63, 3.8) is 0 Å². The molecule has 7 nitrogen and oxygen atoms in total. The van der Waals surface area contributed by atoms with E-state index in [-0.39, 0.29) is 30.0 Å². The van der Waals surface area contributed by atoms with E-state index in [2.05, 4.69) is 5.32 Å². The number of nitrogens with zero attached hydrogens (tertiary/aromatic N) is 2. The number of anilines is 1. The summed E-state index contributed by atoms with van der Waals surface area (Å²) in [5, 5.41) is 2.92. The summed E-state index contributed by atoms with van der Waals surface area (Å²) in [6.45, 7) is 3.47. The number of nitrogens with one attached hydrogen (secondary N) is 1. The number of rotatable bonds is 6. The van der Waals surface area contributed by atoms with Gasteiger partial charge in [0.05, 0.1) is 11.7 Å². The summed E-state index contributed by atoms with van der Waals surface area (Å²) in [6.07, 6.45) is 2.85. The Balaban J connectivity index is 1.58. The van der Waals surface area contributed by atoms with Crippen LogP contribution in [-0.4, -0.2) is 49.9 Å². The van der Waals surface area contributed by atoms with Crippen LogP contribution < -0.4 is 10.2 Å². The maximum Gasteiger partial charge on any atom is 0.227 e. The van der Waals surface area contributed by atoms with Crippen molar-refractivity contribution in [2.45, 2.75) is 39.2 Å². The van der Waals surface area contributed by atoms with Crippen LogP contribution in [0.3, 0.4) is 0 Å². The first-order chi connectivity index (χ1) is 12.9. The lowest BCUT2D eigenvalue weighted by Gasteiger charge is -2.30. The van der Waals surface area contributed by atoms with Gasteiger partial charge in [0.2, 0.25) is 21.8 Å². The molecule has 2 aliphatic rings. The van der Waals surface area contributed by atoms with Gasteiger partial charge in [0.25, 0.3) is 0 Å². The Hall–Kier alpha value is -1.93. The molecule has 0 bridgehead atoms. The van der Waals surface area contributed by atoms with Gasteiger partial charge in [0.1, 0.15) is 0 Å². The quantitative estimate of drug-likeness (QED) is 0.793. The van der Waals surface area contributed by atoms with Gasteiger partial charge < -0.3 is 10.2 Å². The molecule has 2 fully saturated rings. The minimum absolute atomic E-state index is 0.0589. The van der Waals surface area contributed by atoms with Crippen molar-refractivity contribution in [3.05, 3.63) is 29.8 Å². The molecule has 2 aliphatic heterocycles. The molecular weight excluding hydrogens is 366 g/mol. The molecule has 1 aromatic rings. The highest BCUT2D eigenvalue weighted by atomic mass is 32.2. The number of amides is 2. The predicted molar refractivity (Wildman–Crippen MR) is 104 cm³/mol. The van der Waals surface area contributed by atoms with Gasteiger partial charge in [-0.1, -0.05) is 12.1 Å². The first-order valence-electron chi connectivity index (χ1n) is 9.55. The third kappa shape index (κ3) is 4.68. The van der Waals surface area contributed by atoms with Gasteiger partial charge in [-0.2, -0.15) is 0 Å². The second-order valence-corrected chi connectivity index (χ2v) is 9.39. The van der Waals surface area contributed by atoms with E-state index in [0.717, 1.165) is 24.2 Å². The number of benzene rings is 1. The first-order valence-corrected chi connectivity index (χ1v) is 11.2. The SMILES string of the molecule is CCS(=O)(=O)N1CCC[C@H](C(=O)NCc2cccc(N3CCCC3=O)c2)C1. The van der Waals surface area contributed by atoms with Crippen LogP contribution in [0.25, 0.3) is 0 Å². The van der Waals surface area contributed by atoms with Gasteiger partial charge in [0, 0.05) is 38.3 Å². The van der Waals surface area contributed by atoms with Crippen LogP contribution >= 0.6 is 0 Å². The predicted octanol–water partition coefficient (Wildman–Crippen LogP) is 1.49. The molecule has 2 amide bonds. The lowest BCUT2D eigenvalue weighted by molar-refractivity contribution is -0.126. The van der Waals surface area contributed by atoms with E-state index < -0.39 is 10.0 Å². The minimum atomic E-state index is -3.26. The first kappa shape index (κ1) is 19.8. The Morgan fingerprint density at radius 3 is 2.78 bits per heavy atom. The summed E-state index contributed by atoms with van der Waals surface area (Å²) >= 11 is 0. The monoisotopic (exact) mass is 393 g/mol. The van der Waals surface area contributed by atoms with Gasteiger partial charge >= 0.3 is 0 Å². The topological polar surface area (TPSA) is 86.8 Å². The fourth-order valence-corrected chi connectivity index (χ4v) is 4.86. The van der Waals surface area contributed by atoms with Crippen molar-refractivity contribution < 1.29 is 18.0 Å². The third-order valence-electron chi connectivity index (χ3n) is 5.28. The van der Waals surface area contributed by atoms with Crippen LogP contribution in [-0.2, 0) is 26.2 Å². The highest BCUT2D eigenvalue weighted by Crippen LogP contribution is 2.23. The highest BCUT2D eigenvalue weighted by molar-refractivity contribution is 7.89. The smallest absolute Gasteiger partial charge is 0.227 e. The molecule has 2 heterocycles. The molecule has 2 saturated heterocycles. The van der Waals surface area contributed by atoms with E-state index >= 15 is 0 Å². The van der Waals surface area contributed by atoms with Crippen molar-refractivity contribution in [1.29, 1.82) is 0 Å². The summed E-state index contributed by atoms with van der Waals surface area (Å²) < 4.78 is 25.5. The van der Waals surface area contributed by atoms with E-state index in [0.29, 0.717) is 32.4 Å². The standard InChI is InChI=1S/C19H27N3O4S/c1-2-27(25,26)21-10-4-7-16(14-21)19(24)20-13-15-6-3-8-17(12-15)22-11-5-9-18(22)23/h3,6,8,12,16H,2,4-5,7,9-11,13-14H2,1H3,(H,20,24)/t16-/m0/s1. The Morgan fingerprint density at radius 2 is 2.07 bits per heavy atom. The molecular formula is C19H27N3O4S. The van der Waals surface area contributed by atoms with Crippen LogP contribution in [0.2, 0.25) is 0 Å². The van der Waals surface area contributed by atoms with Crippen molar-refractivity contribution in [2.24, 2.45) is 5.92 Å². The van der Waals surface area contributed by atoms with Gasteiger partial charge in [-0.3, -0.25) is 9.59 Å². The number of hydrogen-bond acceptors (Lipinski definition) is 4. The van der Waals surface area contributed by atoms with Crippen molar-refractivity contribution in [2.75, 3.05) is 30.3 Å². The van der Waals surface area contributed by atoms with Crippen LogP contribution in [0.1, 0.15) is 38.2 Å². The van der Waals surface area contributed by atoms with Crippen molar-refractivity contribution in [3.8, 4) is 0 Å².